The molecule has 2 aromatic rings. The van der Waals surface area contributed by atoms with Crippen molar-refractivity contribution in [2.75, 3.05) is 0 Å². The molecule has 0 saturated heterocycles. The smallest absolute Gasteiger partial charge is 0.115 e. The highest BCUT2D eigenvalue weighted by molar-refractivity contribution is 5.75. The summed E-state index contributed by atoms with van der Waals surface area (Å²) in [6.07, 6.45) is 0. The minimum atomic E-state index is -0.151. The first-order chi connectivity index (χ1) is 8.00. The van der Waals surface area contributed by atoms with E-state index in [1.807, 2.05) is 24.3 Å². The third kappa shape index (κ3) is 2.74. The first-order valence-electron chi connectivity index (χ1n) is 5.59. The van der Waals surface area contributed by atoms with Crippen molar-refractivity contribution >= 4 is 11.0 Å². The minimum absolute atomic E-state index is 0. The van der Waals surface area contributed by atoms with E-state index in [0.29, 0.717) is 0 Å². The quantitative estimate of drug-likeness (QED) is 0.811. The van der Waals surface area contributed by atoms with Gasteiger partial charge in [-0.05, 0) is 35.4 Å². The van der Waals surface area contributed by atoms with E-state index < -0.39 is 0 Å². The molecule has 2 N–H and O–H groups in total. The van der Waals surface area contributed by atoms with Crippen molar-refractivity contribution in [3.63, 3.8) is 0 Å². The Balaban J connectivity index is 0.00000162. The van der Waals surface area contributed by atoms with Gasteiger partial charge in [-0.25, -0.2) is 0 Å². The van der Waals surface area contributed by atoms with E-state index in [0.717, 1.165) is 11.1 Å². The molecule has 0 bridgehead atoms. The van der Waals surface area contributed by atoms with E-state index in [-0.39, 0.29) is 27.9 Å². The summed E-state index contributed by atoms with van der Waals surface area (Å²) in [4.78, 5) is 0. The maximum Gasteiger partial charge on any atom is 0.115 e. The lowest BCUT2D eigenvalue weighted by atomic mass is 9.78. The molecule has 2 rings (SSSR count). The molecule has 2 nitrogen and oxygen atoms in total. The van der Waals surface area contributed by atoms with E-state index >= 15 is 0 Å². The van der Waals surface area contributed by atoms with E-state index in [9.17, 15) is 10.2 Å². The van der Waals surface area contributed by atoms with E-state index in [1.54, 1.807) is 24.3 Å². The lowest BCUT2D eigenvalue weighted by molar-refractivity contribution is 0.474. The fourth-order valence-electron chi connectivity index (χ4n) is 1.92. The molecule has 0 atom stereocenters. The number of phenolic OH excluding ortho intramolecular Hbond substituents is 2. The molecular formula is C15H16O2Si. The molecule has 0 aromatic heterocycles. The molecule has 0 heterocycles. The number of rotatable bonds is 2. The highest BCUT2D eigenvalue weighted by Gasteiger charge is 2.22. The summed E-state index contributed by atoms with van der Waals surface area (Å²) in [7, 11) is 0. The van der Waals surface area contributed by atoms with Crippen molar-refractivity contribution < 1.29 is 10.2 Å². The van der Waals surface area contributed by atoms with Crippen LogP contribution in [0.1, 0.15) is 25.0 Å². The molecule has 0 aliphatic carbocycles. The lowest BCUT2D eigenvalue weighted by Gasteiger charge is -2.26. The molecule has 0 aliphatic rings. The second-order valence-corrected chi connectivity index (χ2v) is 4.72. The van der Waals surface area contributed by atoms with Crippen molar-refractivity contribution in [3.05, 3.63) is 59.7 Å². The Morgan fingerprint density at radius 3 is 1.22 bits per heavy atom. The maximum atomic E-state index is 9.30. The molecule has 0 amide bonds. The van der Waals surface area contributed by atoms with E-state index in [1.165, 1.54) is 0 Å². The summed E-state index contributed by atoms with van der Waals surface area (Å²) < 4.78 is 0. The van der Waals surface area contributed by atoms with Crippen molar-refractivity contribution in [2.24, 2.45) is 0 Å². The lowest BCUT2D eigenvalue weighted by Crippen LogP contribution is -2.18. The predicted octanol–water partition coefficient (Wildman–Crippen LogP) is 3.04. The number of hydrogen-bond donors (Lipinski definition) is 2. The van der Waals surface area contributed by atoms with Crippen LogP contribution in [0.5, 0.6) is 11.5 Å². The molecule has 92 valence electrons. The molecule has 3 heteroatoms. The number of hydrogen-bond acceptors (Lipinski definition) is 2. The van der Waals surface area contributed by atoms with E-state index in [4.69, 9.17) is 0 Å². The summed E-state index contributed by atoms with van der Waals surface area (Å²) in [5, 5.41) is 18.6. The van der Waals surface area contributed by atoms with Gasteiger partial charge in [0, 0.05) is 16.4 Å². The second kappa shape index (κ2) is 5.27. The van der Waals surface area contributed by atoms with Crippen LogP contribution in [0.4, 0.5) is 0 Å². The van der Waals surface area contributed by atoms with Crippen LogP contribution in [-0.4, -0.2) is 21.2 Å². The summed E-state index contributed by atoms with van der Waals surface area (Å²) in [5.74, 6) is 0.547. The van der Waals surface area contributed by atoms with Crippen LogP contribution in [0.3, 0.4) is 0 Å². The van der Waals surface area contributed by atoms with E-state index in [2.05, 4.69) is 13.8 Å². The highest BCUT2D eigenvalue weighted by Crippen LogP contribution is 2.32. The second-order valence-electron chi connectivity index (χ2n) is 4.72. The van der Waals surface area contributed by atoms with Crippen molar-refractivity contribution in [1.29, 1.82) is 0 Å². The fraction of sp³-hybridized carbons (Fsp3) is 0.200. The Morgan fingerprint density at radius 1 is 0.667 bits per heavy atom. The van der Waals surface area contributed by atoms with Crippen LogP contribution >= 0.6 is 0 Å². The normalized spacial score (nSPS) is 10.8. The monoisotopic (exact) mass is 256 g/mol. The van der Waals surface area contributed by atoms with Crippen LogP contribution in [-0.2, 0) is 5.41 Å². The summed E-state index contributed by atoms with van der Waals surface area (Å²) >= 11 is 0. The molecule has 4 radical (unpaired) electrons. The average molecular weight is 256 g/mol. The van der Waals surface area contributed by atoms with Gasteiger partial charge in [-0.2, -0.15) is 0 Å². The first kappa shape index (κ1) is 14.3. The summed E-state index contributed by atoms with van der Waals surface area (Å²) in [6, 6.07) is 14.4. The van der Waals surface area contributed by atoms with Crippen LogP contribution in [0.25, 0.3) is 0 Å². The summed E-state index contributed by atoms with van der Waals surface area (Å²) in [5.41, 5.74) is 2.10. The molecule has 0 fully saturated rings. The largest absolute Gasteiger partial charge is 0.508 e. The Bertz CT molecular complexity index is 454. The molecule has 0 saturated carbocycles. The minimum Gasteiger partial charge on any atom is -0.508 e. The van der Waals surface area contributed by atoms with Gasteiger partial charge < -0.3 is 10.2 Å². The van der Waals surface area contributed by atoms with Gasteiger partial charge in [-0.1, -0.05) is 38.1 Å². The van der Waals surface area contributed by atoms with Gasteiger partial charge in [0.1, 0.15) is 11.5 Å². The van der Waals surface area contributed by atoms with Crippen LogP contribution in [0.15, 0.2) is 48.5 Å². The van der Waals surface area contributed by atoms with Gasteiger partial charge in [-0.15, -0.1) is 0 Å². The number of benzene rings is 2. The van der Waals surface area contributed by atoms with Crippen LogP contribution in [0.2, 0.25) is 0 Å². The topological polar surface area (TPSA) is 40.5 Å². The van der Waals surface area contributed by atoms with Gasteiger partial charge >= 0.3 is 0 Å². The molecule has 18 heavy (non-hydrogen) atoms. The molecule has 0 aliphatic heterocycles. The van der Waals surface area contributed by atoms with Gasteiger partial charge in [0.25, 0.3) is 0 Å². The highest BCUT2D eigenvalue weighted by atomic mass is 28.1. The zero-order valence-electron chi connectivity index (χ0n) is 10.5. The SMILES string of the molecule is CC(C)(c1ccc(O)cc1)c1ccc(O)cc1.[Si]. The van der Waals surface area contributed by atoms with Gasteiger partial charge in [-0.3, -0.25) is 0 Å². The van der Waals surface area contributed by atoms with Crippen molar-refractivity contribution in [3.8, 4) is 11.5 Å². The van der Waals surface area contributed by atoms with Gasteiger partial charge in [0.05, 0.1) is 0 Å². The maximum absolute atomic E-state index is 9.30. The zero-order valence-corrected chi connectivity index (χ0v) is 11.5. The van der Waals surface area contributed by atoms with Crippen LogP contribution in [0, 0.1) is 0 Å². The molecule has 0 unspecified atom stereocenters. The Morgan fingerprint density at radius 2 is 0.944 bits per heavy atom. The average Bonchev–Trinajstić information content (AvgIpc) is 2.30. The molecule has 0 spiro atoms. The Labute approximate surface area is 112 Å². The standard InChI is InChI=1S/C15H16O2.Si/c1-15(2,11-3-7-13(16)8-4-11)12-5-9-14(17)10-6-12;/h3-10,16-17H,1-2H3;. The third-order valence-corrected chi connectivity index (χ3v) is 3.18. The zero-order chi connectivity index (χ0) is 12.5. The number of phenols is 2. The fourth-order valence-corrected chi connectivity index (χ4v) is 1.92. The van der Waals surface area contributed by atoms with Gasteiger partial charge in [0.2, 0.25) is 0 Å². The summed E-state index contributed by atoms with van der Waals surface area (Å²) in [6.45, 7) is 4.23. The van der Waals surface area contributed by atoms with Crippen molar-refractivity contribution in [2.45, 2.75) is 19.3 Å². The third-order valence-electron chi connectivity index (χ3n) is 3.18. The Hall–Kier alpha value is -1.74. The number of aromatic hydroxyl groups is 2. The molecular weight excluding hydrogens is 240 g/mol. The first-order valence-corrected chi connectivity index (χ1v) is 5.59. The predicted molar refractivity (Wildman–Crippen MR) is 74.1 cm³/mol. The Kier molecular flexibility index (Phi) is 4.19. The van der Waals surface area contributed by atoms with Crippen molar-refractivity contribution in [1.82, 2.24) is 0 Å². The van der Waals surface area contributed by atoms with Gasteiger partial charge in [0.15, 0.2) is 0 Å². The molecule has 2 aromatic carbocycles. The van der Waals surface area contributed by atoms with Crippen LogP contribution < -0.4 is 0 Å².